The lowest BCUT2D eigenvalue weighted by atomic mass is 9.98. The first-order valence-electron chi connectivity index (χ1n) is 10.5. The predicted octanol–water partition coefficient (Wildman–Crippen LogP) is 4.64. The highest BCUT2D eigenvalue weighted by Gasteiger charge is 2.30. The van der Waals surface area contributed by atoms with Gasteiger partial charge in [-0.25, -0.2) is 9.59 Å². The molecule has 3 N–H and O–H groups in total. The second-order valence-electron chi connectivity index (χ2n) is 8.42. The largest absolute Gasteiger partial charge is 0.480 e. The maximum Gasteiger partial charge on any atom is 0.411 e. The summed E-state index contributed by atoms with van der Waals surface area (Å²) in [4.78, 5) is 36.1. The average Bonchev–Trinajstić information content (AvgIpc) is 3.11. The van der Waals surface area contributed by atoms with E-state index >= 15 is 0 Å². The Kier molecular flexibility index (Phi) is 5.87. The number of rotatable bonds is 6. The number of hydrogen-bond donors (Lipinski definition) is 3. The van der Waals surface area contributed by atoms with Crippen LogP contribution >= 0.6 is 0 Å². The zero-order valence-electron chi connectivity index (χ0n) is 18.3. The fourth-order valence-corrected chi connectivity index (χ4v) is 3.90. The van der Waals surface area contributed by atoms with Gasteiger partial charge in [-0.05, 0) is 54.3 Å². The number of fused-ring (bicyclic) bond motifs is 3. The third kappa shape index (κ3) is 4.57. The van der Waals surface area contributed by atoms with E-state index in [9.17, 15) is 19.5 Å². The molecule has 0 spiro atoms. The number of carboxylic acid groups (broad SMARTS) is 1. The zero-order valence-corrected chi connectivity index (χ0v) is 18.3. The van der Waals surface area contributed by atoms with Crippen LogP contribution in [0.5, 0.6) is 0 Å². The van der Waals surface area contributed by atoms with Crippen LogP contribution in [-0.2, 0) is 9.53 Å². The molecule has 0 radical (unpaired) electrons. The molecule has 0 saturated carbocycles. The highest BCUT2D eigenvalue weighted by atomic mass is 16.5. The van der Waals surface area contributed by atoms with Gasteiger partial charge in [0.25, 0.3) is 5.91 Å². The van der Waals surface area contributed by atoms with Crippen molar-refractivity contribution >= 4 is 23.7 Å². The molecule has 7 heteroatoms. The molecule has 33 heavy (non-hydrogen) atoms. The number of hydrogen-bond acceptors (Lipinski definition) is 4. The molecule has 0 unspecified atom stereocenters. The fourth-order valence-electron chi connectivity index (χ4n) is 3.90. The second kappa shape index (κ2) is 8.78. The summed E-state index contributed by atoms with van der Waals surface area (Å²) >= 11 is 0. The van der Waals surface area contributed by atoms with Crippen molar-refractivity contribution in [1.29, 1.82) is 0 Å². The lowest BCUT2D eigenvalue weighted by molar-refractivity contribution is -0.143. The molecule has 0 saturated heterocycles. The SMILES string of the molecule is CC(C)(NC(=O)c1cccc(NC(=O)OCC2c3ccccc3-c3ccccc32)c1)C(=O)O. The summed E-state index contributed by atoms with van der Waals surface area (Å²) in [5, 5.41) is 14.3. The number of aliphatic carboxylic acids is 1. The van der Waals surface area contributed by atoms with Crippen LogP contribution in [0.15, 0.2) is 72.8 Å². The molecule has 1 aliphatic rings. The van der Waals surface area contributed by atoms with E-state index in [2.05, 4.69) is 22.8 Å². The maximum absolute atomic E-state index is 12.5. The number of nitrogens with one attached hydrogen (secondary N) is 2. The van der Waals surface area contributed by atoms with Crippen LogP contribution in [0, 0.1) is 0 Å². The van der Waals surface area contributed by atoms with Crippen molar-refractivity contribution in [2.24, 2.45) is 0 Å². The molecule has 1 aliphatic carbocycles. The predicted molar refractivity (Wildman–Crippen MR) is 124 cm³/mol. The molecule has 2 amide bonds. The van der Waals surface area contributed by atoms with E-state index in [0.717, 1.165) is 22.3 Å². The van der Waals surface area contributed by atoms with Crippen LogP contribution in [0.25, 0.3) is 11.1 Å². The molecular formula is C26H24N2O5. The topological polar surface area (TPSA) is 105 Å². The smallest absolute Gasteiger partial charge is 0.411 e. The maximum atomic E-state index is 12.5. The van der Waals surface area contributed by atoms with Crippen molar-refractivity contribution in [3.05, 3.63) is 89.5 Å². The van der Waals surface area contributed by atoms with E-state index in [0.29, 0.717) is 5.69 Å². The van der Waals surface area contributed by atoms with Crippen molar-refractivity contribution in [1.82, 2.24) is 5.32 Å². The zero-order chi connectivity index (χ0) is 23.6. The third-order valence-electron chi connectivity index (χ3n) is 5.68. The van der Waals surface area contributed by atoms with Gasteiger partial charge in [-0.1, -0.05) is 54.6 Å². The Balaban J connectivity index is 1.42. The summed E-state index contributed by atoms with van der Waals surface area (Å²) in [6, 6.07) is 22.4. The first kappa shape index (κ1) is 22.1. The van der Waals surface area contributed by atoms with E-state index in [1.54, 1.807) is 12.1 Å². The van der Waals surface area contributed by atoms with E-state index in [4.69, 9.17) is 4.74 Å². The van der Waals surface area contributed by atoms with Crippen molar-refractivity contribution in [3.63, 3.8) is 0 Å². The van der Waals surface area contributed by atoms with Crippen molar-refractivity contribution in [2.75, 3.05) is 11.9 Å². The lowest BCUT2D eigenvalue weighted by Gasteiger charge is -2.21. The molecule has 0 aliphatic heterocycles. The van der Waals surface area contributed by atoms with Crippen molar-refractivity contribution < 1.29 is 24.2 Å². The van der Waals surface area contributed by atoms with Crippen LogP contribution in [0.1, 0.15) is 41.3 Å². The van der Waals surface area contributed by atoms with Crippen LogP contribution in [0.2, 0.25) is 0 Å². The second-order valence-corrected chi connectivity index (χ2v) is 8.42. The Morgan fingerprint density at radius 3 is 2.12 bits per heavy atom. The first-order chi connectivity index (χ1) is 15.8. The van der Waals surface area contributed by atoms with E-state index in [1.165, 1.54) is 26.0 Å². The number of anilines is 1. The summed E-state index contributed by atoms with van der Waals surface area (Å²) in [5.41, 5.74) is 3.69. The Morgan fingerprint density at radius 1 is 0.909 bits per heavy atom. The fraction of sp³-hybridized carbons (Fsp3) is 0.192. The number of ether oxygens (including phenoxy) is 1. The number of amides is 2. The monoisotopic (exact) mass is 444 g/mol. The number of benzene rings is 3. The summed E-state index contributed by atoms with van der Waals surface area (Å²) in [7, 11) is 0. The molecule has 3 aromatic rings. The van der Waals surface area contributed by atoms with Gasteiger partial charge in [0.05, 0.1) is 0 Å². The molecule has 0 atom stereocenters. The molecule has 7 nitrogen and oxygen atoms in total. The van der Waals surface area contributed by atoms with Crippen molar-refractivity contribution in [2.45, 2.75) is 25.3 Å². The van der Waals surface area contributed by atoms with Gasteiger partial charge in [-0.2, -0.15) is 0 Å². The van der Waals surface area contributed by atoms with Gasteiger partial charge in [0, 0.05) is 17.2 Å². The highest BCUT2D eigenvalue weighted by molar-refractivity contribution is 5.99. The van der Waals surface area contributed by atoms with E-state index in [1.807, 2.05) is 36.4 Å². The quantitative estimate of drug-likeness (QED) is 0.514. The Hall–Kier alpha value is -4.13. The Morgan fingerprint density at radius 2 is 1.52 bits per heavy atom. The van der Waals surface area contributed by atoms with Gasteiger partial charge in [-0.15, -0.1) is 0 Å². The molecule has 0 bridgehead atoms. The van der Waals surface area contributed by atoms with Gasteiger partial charge < -0.3 is 15.2 Å². The Labute approximate surface area is 191 Å². The van der Waals surface area contributed by atoms with Crippen LogP contribution in [-0.4, -0.2) is 35.2 Å². The van der Waals surface area contributed by atoms with Gasteiger partial charge in [0.1, 0.15) is 12.1 Å². The van der Waals surface area contributed by atoms with E-state index < -0.39 is 23.5 Å². The number of carbonyl (C=O) groups is 3. The van der Waals surface area contributed by atoms with Crippen LogP contribution in [0.3, 0.4) is 0 Å². The average molecular weight is 444 g/mol. The van der Waals surface area contributed by atoms with Crippen molar-refractivity contribution in [3.8, 4) is 11.1 Å². The summed E-state index contributed by atoms with van der Waals surface area (Å²) < 4.78 is 5.53. The van der Waals surface area contributed by atoms with Gasteiger partial charge >= 0.3 is 12.1 Å². The number of carboxylic acids is 1. The Bertz CT molecular complexity index is 1190. The lowest BCUT2D eigenvalue weighted by Crippen LogP contribution is -2.49. The number of carbonyl (C=O) groups excluding carboxylic acids is 2. The molecule has 0 aromatic heterocycles. The molecule has 3 aromatic carbocycles. The summed E-state index contributed by atoms with van der Waals surface area (Å²) in [6.07, 6.45) is -0.639. The first-order valence-corrected chi connectivity index (χ1v) is 10.5. The summed E-state index contributed by atoms with van der Waals surface area (Å²) in [5.74, 6) is -1.76. The normalized spacial score (nSPS) is 12.4. The minimum absolute atomic E-state index is 0.0569. The minimum atomic E-state index is -1.42. The molecule has 0 heterocycles. The van der Waals surface area contributed by atoms with Gasteiger partial charge in [0.2, 0.25) is 0 Å². The molecule has 0 fully saturated rings. The molecule has 4 rings (SSSR count). The minimum Gasteiger partial charge on any atom is -0.480 e. The standard InChI is InChI=1S/C26H24N2O5/c1-26(2,24(30)31)28-23(29)16-8-7-9-17(14-16)27-25(32)33-15-22-20-12-5-3-10-18(20)19-11-4-6-13-21(19)22/h3-14,22H,15H2,1-2H3,(H,27,32)(H,28,29)(H,30,31). The van der Waals surface area contributed by atoms with Gasteiger partial charge in [-0.3, -0.25) is 10.1 Å². The van der Waals surface area contributed by atoms with Crippen LogP contribution in [0.4, 0.5) is 10.5 Å². The molecule has 168 valence electrons. The van der Waals surface area contributed by atoms with Crippen LogP contribution < -0.4 is 10.6 Å². The highest BCUT2D eigenvalue weighted by Crippen LogP contribution is 2.44. The molecular weight excluding hydrogens is 420 g/mol. The third-order valence-corrected chi connectivity index (χ3v) is 5.68. The summed E-state index contributed by atoms with van der Waals surface area (Å²) in [6.45, 7) is 2.96. The van der Waals surface area contributed by atoms with E-state index in [-0.39, 0.29) is 18.1 Å². The van der Waals surface area contributed by atoms with Gasteiger partial charge in [0.15, 0.2) is 0 Å².